The van der Waals surface area contributed by atoms with Crippen molar-refractivity contribution in [2.45, 2.75) is 20.8 Å². The first-order chi connectivity index (χ1) is 9.81. The fraction of sp³-hybridized carbons (Fsp3) is 0.643. The minimum atomic E-state index is -0.849. The predicted octanol–water partition coefficient (Wildman–Crippen LogP) is 0.595. The number of hydrogen-bond acceptors (Lipinski definition) is 4. The molecular formula is C14H21N3O4. The molecule has 0 unspecified atom stereocenters. The Hall–Kier alpha value is -2.05. The molecule has 0 saturated carbocycles. The van der Waals surface area contributed by atoms with Gasteiger partial charge < -0.3 is 14.7 Å². The van der Waals surface area contributed by atoms with Gasteiger partial charge in [-0.1, -0.05) is 6.92 Å². The van der Waals surface area contributed by atoms with E-state index in [2.05, 4.69) is 5.10 Å². The van der Waals surface area contributed by atoms with Crippen LogP contribution < -0.4 is 4.74 Å². The molecule has 0 radical (unpaired) electrons. The van der Waals surface area contributed by atoms with Crippen LogP contribution in [-0.2, 0) is 16.6 Å². The van der Waals surface area contributed by atoms with Crippen molar-refractivity contribution in [3.63, 3.8) is 0 Å². The fourth-order valence-electron chi connectivity index (χ4n) is 2.68. The minimum absolute atomic E-state index is 0.0340. The Balaban J connectivity index is 1.95. The van der Waals surface area contributed by atoms with Crippen molar-refractivity contribution in [3.8, 4) is 5.75 Å². The molecule has 7 heteroatoms. The van der Waals surface area contributed by atoms with Crippen LogP contribution in [0.3, 0.4) is 0 Å². The van der Waals surface area contributed by atoms with Gasteiger partial charge in [0.25, 0.3) is 5.91 Å². The van der Waals surface area contributed by atoms with Gasteiger partial charge in [-0.05, 0) is 19.8 Å². The maximum Gasteiger partial charge on any atom is 0.308 e. The highest BCUT2D eigenvalue weighted by atomic mass is 16.5. The molecule has 0 aromatic carbocycles. The molecule has 1 aromatic heterocycles. The Labute approximate surface area is 123 Å². The van der Waals surface area contributed by atoms with Gasteiger partial charge in [-0.3, -0.25) is 14.3 Å². The highest BCUT2D eigenvalue weighted by Crippen LogP contribution is 2.24. The van der Waals surface area contributed by atoms with Gasteiger partial charge in [-0.25, -0.2) is 0 Å². The lowest BCUT2D eigenvalue weighted by atomic mass is 9.99. The van der Waals surface area contributed by atoms with E-state index in [1.165, 1.54) is 0 Å². The van der Waals surface area contributed by atoms with E-state index in [-0.39, 0.29) is 25.0 Å². The average Bonchev–Trinajstić information content (AvgIpc) is 2.90. The summed E-state index contributed by atoms with van der Waals surface area (Å²) in [6.45, 7) is 6.17. The number of nitrogens with zero attached hydrogens (tertiary/aromatic N) is 3. The van der Waals surface area contributed by atoms with Crippen LogP contribution in [0, 0.1) is 25.7 Å². The molecule has 0 aliphatic carbocycles. The lowest BCUT2D eigenvalue weighted by Crippen LogP contribution is -2.34. The van der Waals surface area contributed by atoms with Crippen molar-refractivity contribution < 1.29 is 19.4 Å². The van der Waals surface area contributed by atoms with Crippen molar-refractivity contribution in [2.75, 3.05) is 19.7 Å². The number of carboxylic acids is 1. The Morgan fingerprint density at radius 1 is 1.38 bits per heavy atom. The van der Waals surface area contributed by atoms with Gasteiger partial charge in [-0.2, -0.15) is 5.10 Å². The van der Waals surface area contributed by atoms with Crippen LogP contribution in [0.15, 0.2) is 0 Å². The van der Waals surface area contributed by atoms with E-state index in [4.69, 9.17) is 9.84 Å². The van der Waals surface area contributed by atoms with Crippen LogP contribution in [0.25, 0.3) is 0 Å². The number of aromatic nitrogens is 2. The molecule has 7 nitrogen and oxygen atoms in total. The Kier molecular flexibility index (Phi) is 4.20. The van der Waals surface area contributed by atoms with E-state index >= 15 is 0 Å². The SMILES string of the molecule is Cc1nn(C)c(C)c1OCC(=O)N1C[C@@H](C)[C@H](C(=O)O)C1. The highest BCUT2D eigenvalue weighted by Gasteiger charge is 2.37. The smallest absolute Gasteiger partial charge is 0.308 e. The minimum Gasteiger partial charge on any atom is -0.481 e. The summed E-state index contributed by atoms with van der Waals surface area (Å²) in [5, 5.41) is 13.3. The number of carboxylic acid groups (broad SMARTS) is 1. The first kappa shape index (κ1) is 15.3. The summed E-state index contributed by atoms with van der Waals surface area (Å²) < 4.78 is 7.27. The molecule has 0 bridgehead atoms. The maximum absolute atomic E-state index is 12.1. The topological polar surface area (TPSA) is 84.7 Å². The van der Waals surface area contributed by atoms with E-state index in [9.17, 15) is 9.59 Å². The standard InChI is InChI=1S/C14H21N3O4/c1-8-5-17(6-11(8)14(19)20)12(18)7-21-13-9(2)15-16(4)10(13)3/h8,11H,5-7H2,1-4H3,(H,19,20)/t8-,11-/m1/s1. The fourth-order valence-corrected chi connectivity index (χ4v) is 2.68. The molecular weight excluding hydrogens is 274 g/mol. The van der Waals surface area contributed by atoms with Gasteiger partial charge in [0.1, 0.15) is 5.69 Å². The number of aryl methyl sites for hydroxylation is 2. The zero-order chi connectivity index (χ0) is 15.7. The van der Waals surface area contributed by atoms with Crippen molar-refractivity contribution in [1.29, 1.82) is 0 Å². The molecule has 2 atom stereocenters. The predicted molar refractivity (Wildman–Crippen MR) is 75.0 cm³/mol. The number of carbonyl (C=O) groups is 2. The van der Waals surface area contributed by atoms with E-state index in [1.807, 2.05) is 27.8 Å². The molecule has 2 rings (SSSR count). The molecule has 1 saturated heterocycles. The summed E-state index contributed by atoms with van der Waals surface area (Å²) in [5.41, 5.74) is 1.60. The summed E-state index contributed by atoms with van der Waals surface area (Å²) in [5.74, 6) is -0.942. The summed E-state index contributed by atoms with van der Waals surface area (Å²) in [6.07, 6.45) is 0. The molecule has 1 aliphatic rings. The van der Waals surface area contributed by atoms with Gasteiger partial charge in [0, 0.05) is 20.1 Å². The summed E-state index contributed by atoms with van der Waals surface area (Å²) in [4.78, 5) is 24.8. The molecule has 1 fully saturated rings. The van der Waals surface area contributed by atoms with Crippen molar-refractivity contribution >= 4 is 11.9 Å². The van der Waals surface area contributed by atoms with Gasteiger partial charge in [-0.15, -0.1) is 0 Å². The molecule has 0 spiro atoms. The number of ether oxygens (including phenoxy) is 1. The Morgan fingerprint density at radius 2 is 2.05 bits per heavy atom. The molecule has 1 aliphatic heterocycles. The van der Waals surface area contributed by atoms with Crippen LogP contribution in [0.5, 0.6) is 5.75 Å². The van der Waals surface area contributed by atoms with E-state index < -0.39 is 11.9 Å². The normalized spacial score (nSPS) is 21.6. The van der Waals surface area contributed by atoms with Crippen LogP contribution in [-0.4, -0.2) is 51.4 Å². The van der Waals surface area contributed by atoms with E-state index in [0.29, 0.717) is 12.3 Å². The second-order valence-electron chi connectivity index (χ2n) is 5.63. The number of likely N-dealkylation sites (tertiary alicyclic amines) is 1. The van der Waals surface area contributed by atoms with Crippen LogP contribution in [0.1, 0.15) is 18.3 Å². The third-order valence-electron chi connectivity index (χ3n) is 4.06. The molecule has 1 aromatic rings. The van der Waals surface area contributed by atoms with Crippen LogP contribution >= 0.6 is 0 Å². The zero-order valence-corrected chi connectivity index (χ0v) is 12.8. The number of hydrogen-bond donors (Lipinski definition) is 1. The molecule has 1 N–H and O–H groups in total. The average molecular weight is 295 g/mol. The Morgan fingerprint density at radius 3 is 2.52 bits per heavy atom. The third kappa shape index (κ3) is 3.01. The second-order valence-corrected chi connectivity index (χ2v) is 5.63. The summed E-state index contributed by atoms with van der Waals surface area (Å²) in [6, 6.07) is 0. The number of carbonyl (C=O) groups excluding carboxylic acids is 1. The monoisotopic (exact) mass is 295 g/mol. The number of amides is 1. The first-order valence-corrected chi connectivity index (χ1v) is 6.94. The largest absolute Gasteiger partial charge is 0.481 e. The van der Waals surface area contributed by atoms with Gasteiger partial charge in [0.2, 0.25) is 0 Å². The van der Waals surface area contributed by atoms with Crippen molar-refractivity contribution in [2.24, 2.45) is 18.9 Å². The van der Waals surface area contributed by atoms with Gasteiger partial charge >= 0.3 is 5.97 Å². The van der Waals surface area contributed by atoms with E-state index in [1.54, 1.807) is 9.58 Å². The van der Waals surface area contributed by atoms with E-state index in [0.717, 1.165) is 11.4 Å². The molecule has 21 heavy (non-hydrogen) atoms. The lowest BCUT2D eigenvalue weighted by molar-refractivity contribution is -0.142. The molecule has 1 amide bonds. The van der Waals surface area contributed by atoms with Crippen LogP contribution in [0.4, 0.5) is 0 Å². The van der Waals surface area contributed by atoms with Gasteiger partial charge in [0.05, 0.1) is 11.6 Å². The third-order valence-corrected chi connectivity index (χ3v) is 4.06. The quantitative estimate of drug-likeness (QED) is 0.879. The lowest BCUT2D eigenvalue weighted by Gasteiger charge is -2.16. The Bertz CT molecular complexity index is 567. The first-order valence-electron chi connectivity index (χ1n) is 6.94. The number of aliphatic carboxylic acids is 1. The zero-order valence-electron chi connectivity index (χ0n) is 12.8. The van der Waals surface area contributed by atoms with Crippen molar-refractivity contribution in [1.82, 2.24) is 14.7 Å². The molecule has 2 heterocycles. The van der Waals surface area contributed by atoms with Gasteiger partial charge in [0.15, 0.2) is 12.4 Å². The van der Waals surface area contributed by atoms with Crippen LogP contribution in [0.2, 0.25) is 0 Å². The maximum atomic E-state index is 12.1. The number of rotatable bonds is 4. The second kappa shape index (κ2) is 5.75. The highest BCUT2D eigenvalue weighted by molar-refractivity contribution is 5.80. The summed E-state index contributed by atoms with van der Waals surface area (Å²) >= 11 is 0. The molecule has 116 valence electrons. The van der Waals surface area contributed by atoms with Crippen molar-refractivity contribution in [3.05, 3.63) is 11.4 Å². The summed E-state index contributed by atoms with van der Waals surface area (Å²) in [7, 11) is 1.82.